The van der Waals surface area contributed by atoms with Crippen LogP contribution in [0, 0.1) is 6.92 Å². The van der Waals surface area contributed by atoms with Crippen LogP contribution in [0.3, 0.4) is 0 Å². The summed E-state index contributed by atoms with van der Waals surface area (Å²) in [7, 11) is 1.37. The minimum atomic E-state index is -0.584. The number of methoxy groups -OCH3 is 1. The fourth-order valence-corrected chi connectivity index (χ4v) is 3.92. The molecule has 0 N–H and O–H groups in total. The van der Waals surface area contributed by atoms with Crippen molar-refractivity contribution in [2.75, 3.05) is 7.11 Å². The Hall–Kier alpha value is -3.08. The van der Waals surface area contributed by atoms with Crippen LogP contribution in [-0.2, 0) is 33.8 Å². The highest BCUT2D eigenvalue weighted by molar-refractivity contribution is 5.87. The van der Waals surface area contributed by atoms with E-state index in [2.05, 4.69) is 6.07 Å². The standard InChI is InChI=1S/C22H22N2O3/c1-15-11-17-8-5-6-10-19(17)23(15)14-21(25)24-13-18-9-4-3-7-16(18)12-20(24)22(26)27-2/h3-11,20H,12-14H2,1-2H3. The minimum absolute atomic E-state index is 0.0793. The van der Waals surface area contributed by atoms with Crippen molar-refractivity contribution in [3.05, 3.63) is 71.4 Å². The predicted molar refractivity (Wildman–Crippen MR) is 103 cm³/mol. The second-order valence-electron chi connectivity index (χ2n) is 6.96. The molecule has 138 valence electrons. The summed E-state index contributed by atoms with van der Waals surface area (Å²) in [4.78, 5) is 27.2. The van der Waals surface area contributed by atoms with E-state index >= 15 is 0 Å². The summed E-state index contributed by atoms with van der Waals surface area (Å²) in [5.74, 6) is -0.448. The Morgan fingerprint density at radius 1 is 1.07 bits per heavy atom. The van der Waals surface area contributed by atoms with E-state index in [1.807, 2.05) is 60.0 Å². The van der Waals surface area contributed by atoms with Crippen LogP contribution in [0.1, 0.15) is 16.8 Å². The van der Waals surface area contributed by atoms with Gasteiger partial charge in [-0.15, -0.1) is 0 Å². The molecule has 0 aliphatic carbocycles. The van der Waals surface area contributed by atoms with E-state index in [0.29, 0.717) is 13.0 Å². The maximum Gasteiger partial charge on any atom is 0.328 e. The summed E-state index contributed by atoms with van der Waals surface area (Å²) in [5, 5.41) is 1.11. The molecule has 0 bridgehead atoms. The molecule has 1 unspecified atom stereocenters. The third kappa shape index (κ3) is 3.10. The summed E-state index contributed by atoms with van der Waals surface area (Å²) in [5.41, 5.74) is 4.23. The van der Waals surface area contributed by atoms with Crippen molar-refractivity contribution in [2.45, 2.75) is 32.5 Å². The molecule has 1 aromatic heterocycles. The summed E-state index contributed by atoms with van der Waals surface area (Å²) in [6, 6.07) is 17.4. The summed E-state index contributed by atoms with van der Waals surface area (Å²) in [6.45, 7) is 2.62. The number of nitrogens with zero attached hydrogens (tertiary/aromatic N) is 2. The van der Waals surface area contributed by atoms with Crippen LogP contribution in [0.5, 0.6) is 0 Å². The number of aromatic nitrogens is 1. The Morgan fingerprint density at radius 3 is 2.56 bits per heavy atom. The van der Waals surface area contributed by atoms with Crippen molar-refractivity contribution in [3.63, 3.8) is 0 Å². The molecule has 1 aliphatic heterocycles. The fourth-order valence-electron chi connectivity index (χ4n) is 3.92. The third-order valence-electron chi connectivity index (χ3n) is 5.35. The van der Waals surface area contributed by atoms with E-state index in [9.17, 15) is 9.59 Å². The number of fused-ring (bicyclic) bond motifs is 2. The zero-order valence-corrected chi connectivity index (χ0v) is 15.5. The molecule has 2 heterocycles. The molecule has 0 radical (unpaired) electrons. The average Bonchev–Trinajstić information content (AvgIpc) is 3.01. The van der Waals surface area contributed by atoms with Gasteiger partial charge in [0, 0.05) is 24.2 Å². The largest absolute Gasteiger partial charge is 0.467 e. The van der Waals surface area contributed by atoms with Crippen molar-refractivity contribution in [1.29, 1.82) is 0 Å². The molecular weight excluding hydrogens is 340 g/mol. The minimum Gasteiger partial charge on any atom is -0.467 e. The Balaban J connectivity index is 1.66. The van der Waals surface area contributed by atoms with Crippen LogP contribution in [0.4, 0.5) is 0 Å². The normalized spacial score (nSPS) is 16.2. The molecule has 5 heteroatoms. The second kappa shape index (κ2) is 6.91. The molecule has 5 nitrogen and oxygen atoms in total. The van der Waals surface area contributed by atoms with Gasteiger partial charge < -0.3 is 14.2 Å². The van der Waals surface area contributed by atoms with Gasteiger partial charge in [-0.2, -0.15) is 0 Å². The van der Waals surface area contributed by atoms with Gasteiger partial charge in [-0.05, 0) is 35.6 Å². The maximum absolute atomic E-state index is 13.2. The summed E-state index contributed by atoms with van der Waals surface area (Å²) >= 11 is 0. The number of para-hydroxylation sites is 1. The number of carbonyl (C=O) groups excluding carboxylic acids is 2. The van der Waals surface area contributed by atoms with E-state index in [1.54, 1.807) is 4.90 Å². The van der Waals surface area contributed by atoms with E-state index in [4.69, 9.17) is 4.74 Å². The average molecular weight is 362 g/mol. The topological polar surface area (TPSA) is 51.5 Å². The Morgan fingerprint density at radius 2 is 1.78 bits per heavy atom. The van der Waals surface area contributed by atoms with Crippen LogP contribution in [0.15, 0.2) is 54.6 Å². The summed E-state index contributed by atoms with van der Waals surface area (Å²) < 4.78 is 6.98. The van der Waals surface area contributed by atoms with E-state index in [-0.39, 0.29) is 18.4 Å². The van der Waals surface area contributed by atoms with Crippen molar-refractivity contribution in [3.8, 4) is 0 Å². The molecule has 1 aliphatic rings. The monoisotopic (exact) mass is 362 g/mol. The van der Waals surface area contributed by atoms with Crippen LogP contribution >= 0.6 is 0 Å². The number of hydrogen-bond donors (Lipinski definition) is 0. The van der Waals surface area contributed by atoms with E-state index in [0.717, 1.165) is 27.7 Å². The van der Waals surface area contributed by atoms with Crippen LogP contribution in [0.2, 0.25) is 0 Å². The lowest BCUT2D eigenvalue weighted by atomic mass is 9.94. The molecule has 4 rings (SSSR count). The molecule has 1 amide bonds. The first-order valence-corrected chi connectivity index (χ1v) is 9.07. The first kappa shape index (κ1) is 17.3. The SMILES string of the molecule is COC(=O)C1Cc2ccccc2CN1C(=O)Cn1c(C)cc2ccccc21. The lowest BCUT2D eigenvalue weighted by Gasteiger charge is -2.35. The molecule has 27 heavy (non-hydrogen) atoms. The number of amides is 1. The number of carbonyl (C=O) groups is 2. The Bertz CT molecular complexity index is 1020. The molecule has 2 aromatic carbocycles. The predicted octanol–water partition coefficient (Wildman–Crippen LogP) is 3.08. The van der Waals surface area contributed by atoms with Gasteiger partial charge in [-0.3, -0.25) is 4.79 Å². The van der Waals surface area contributed by atoms with Gasteiger partial charge in [0.2, 0.25) is 5.91 Å². The number of rotatable bonds is 3. The fraction of sp³-hybridized carbons (Fsp3) is 0.273. The zero-order valence-electron chi connectivity index (χ0n) is 15.5. The van der Waals surface area contributed by atoms with Crippen LogP contribution in [0.25, 0.3) is 10.9 Å². The highest BCUT2D eigenvalue weighted by atomic mass is 16.5. The molecule has 0 saturated heterocycles. The van der Waals surface area contributed by atoms with E-state index < -0.39 is 6.04 Å². The number of hydrogen-bond acceptors (Lipinski definition) is 3. The van der Waals surface area contributed by atoms with Gasteiger partial charge in [0.05, 0.1) is 7.11 Å². The highest BCUT2D eigenvalue weighted by Crippen LogP contribution is 2.25. The maximum atomic E-state index is 13.2. The van der Waals surface area contributed by atoms with Gasteiger partial charge in [0.15, 0.2) is 0 Å². The zero-order chi connectivity index (χ0) is 19.0. The second-order valence-corrected chi connectivity index (χ2v) is 6.96. The lowest BCUT2D eigenvalue weighted by molar-refractivity contribution is -0.154. The highest BCUT2D eigenvalue weighted by Gasteiger charge is 2.35. The van der Waals surface area contributed by atoms with Crippen molar-refractivity contribution in [2.24, 2.45) is 0 Å². The number of esters is 1. The molecule has 0 saturated carbocycles. The van der Waals surface area contributed by atoms with Crippen molar-refractivity contribution in [1.82, 2.24) is 9.47 Å². The van der Waals surface area contributed by atoms with Gasteiger partial charge in [0.25, 0.3) is 0 Å². The Labute approximate surface area is 158 Å². The van der Waals surface area contributed by atoms with Gasteiger partial charge in [-0.25, -0.2) is 4.79 Å². The smallest absolute Gasteiger partial charge is 0.328 e. The first-order chi connectivity index (χ1) is 13.1. The molecule has 1 atom stereocenters. The van der Waals surface area contributed by atoms with Gasteiger partial charge in [0.1, 0.15) is 12.6 Å². The van der Waals surface area contributed by atoms with Gasteiger partial charge >= 0.3 is 5.97 Å². The Kier molecular flexibility index (Phi) is 4.44. The molecule has 0 spiro atoms. The summed E-state index contributed by atoms with van der Waals surface area (Å²) in [6.07, 6.45) is 0.486. The lowest BCUT2D eigenvalue weighted by Crippen LogP contribution is -2.50. The number of benzene rings is 2. The molecule has 0 fully saturated rings. The quantitative estimate of drug-likeness (QED) is 0.673. The van der Waals surface area contributed by atoms with Crippen molar-refractivity contribution < 1.29 is 14.3 Å². The van der Waals surface area contributed by atoms with Crippen LogP contribution in [-0.4, -0.2) is 34.5 Å². The first-order valence-electron chi connectivity index (χ1n) is 9.07. The molecular formula is C22H22N2O3. The number of ether oxygens (including phenoxy) is 1. The number of aryl methyl sites for hydroxylation is 1. The molecule has 3 aromatic rings. The van der Waals surface area contributed by atoms with Crippen molar-refractivity contribution >= 4 is 22.8 Å². The van der Waals surface area contributed by atoms with Gasteiger partial charge in [-0.1, -0.05) is 42.5 Å². The van der Waals surface area contributed by atoms with E-state index in [1.165, 1.54) is 7.11 Å². The van der Waals surface area contributed by atoms with Crippen LogP contribution < -0.4 is 0 Å². The third-order valence-corrected chi connectivity index (χ3v) is 5.35.